The van der Waals surface area contributed by atoms with E-state index in [-0.39, 0.29) is 10.8 Å². The number of carbonyl (C=O) groups is 1. The number of nitrogens with zero attached hydrogens (tertiary/aromatic N) is 1. The van der Waals surface area contributed by atoms with E-state index in [0.29, 0.717) is 18.5 Å². The highest BCUT2D eigenvalue weighted by Crippen LogP contribution is 2.18. The van der Waals surface area contributed by atoms with Crippen LogP contribution in [0.2, 0.25) is 0 Å². The Morgan fingerprint density at radius 2 is 1.68 bits per heavy atom. The summed E-state index contributed by atoms with van der Waals surface area (Å²) in [5, 5.41) is 2.76. The van der Waals surface area contributed by atoms with Crippen molar-refractivity contribution >= 4 is 21.6 Å². The summed E-state index contributed by atoms with van der Waals surface area (Å²) in [5.41, 5.74) is 2.86. The summed E-state index contributed by atoms with van der Waals surface area (Å²) in [6.45, 7) is 2.10. The first-order valence-corrected chi connectivity index (χ1v) is 9.67. The van der Waals surface area contributed by atoms with Crippen LogP contribution < -0.4 is 5.32 Å². The van der Waals surface area contributed by atoms with Crippen molar-refractivity contribution in [1.82, 2.24) is 4.31 Å². The van der Waals surface area contributed by atoms with E-state index in [2.05, 4.69) is 24.4 Å². The molecule has 0 aromatic heterocycles. The average molecular weight is 360 g/mol. The lowest BCUT2D eigenvalue weighted by molar-refractivity contribution is -0.116. The van der Waals surface area contributed by atoms with Gasteiger partial charge in [-0.15, -0.1) is 0 Å². The first-order valence-electron chi connectivity index (χ1n) is 8.23. The molecule has 5 nitrogen and oxygen atoms in total. The number of benzene rings is 2. The molecule has 0 bridgehead atoms. The Hall–Kier alpha value is -2.18. The third-order valence-electron chi connectivity index (χ3n) is 3.97. The lowest BCUT2D eigenvalue weighted by Gasteiger charge is -2.12. The van der Waals surface area contributed by atoms with E-state index in [1.54, 1.807) is 12.1 Å². The number of nitrogens with one attached hydrogen (secondary N) is 1. The van der Waals surface area contributed by atoms with Gasteiger partial charge in [0.1, 0.15) is 0 Å². The Labute approximate surface area is 149 Å². The van der Waals surface area contributed by atoms with Gasteiger partial charge in [-0.05, 0) is 42.2 Å². The molecule has 0 unspecified atom stereocenters. The standard InChI is InChI=1S/C19H24N2O3S/c1-4-15-8-10-16(11-9-15)12-13-19(22)20-17-6-5-7-18(14-17)25(23,24)21(2)3/h5-11,14H,4,12-13H2,1-3H3,(H,20,22). The van der Waals surface area contributed by atoms with Gasteiger partial charge in [0.25, 0.3) is 0 Å². The van der Waals surface area contributed by atoms with Gasteiger partial charge in [0, 0.05) is 26.2 Å². The minimum atomic E-state index is -3.52. The predicted octanol–water partition coefficient (Wildman–Crippen LogP) is 3.07. The van der Waals surface area contributed by atoms with Crippen LogP contribution in [0.5, 0.6) is 0 Å². The molecule has 0 heterocycles. The summed E-state index contributed by atoms with van der Waals surface area (Å²) in [4.78, 5) is 12.3. The zero-order valence-corrected chi connectivity index (χ0v) is 15.6. The maximum absolute atomic E-state index is 12.1. The molecule has 1 amide bonds. The Morgan fingerprint density at radius 3 is 2.28 bits per heavy atom. The Morgan fingerprint density at radius 1 is 1.04 bits per heavy atom. The van der Waals surface area contributed by atoms with Gasteiger partial charge in [0.2, 0.25) is 15.9 Å². The zero-order chi connectivity index (χ0) is 18.4. The average Bonchev–Trinajstić information content (AvgIpc) is 2.60. The summed E-state index contributed by atoms with van der Waals surface area (Å²) in [6.07, 6.45) is 1.98. The topological polar surface area (TPSA) is 66.5 Å². The van der Waals surface area contributed by atoms with Crippen molar-refractivity contribution in [2.45, 2.75) is 31.1 Å². The van der Waals surface area contributed by atoms with Gasteiger partial charge < -0.3 is 5.32 Å². The van der Waals surface area contributed by atoms with Crippen LogP contribution in [0, 0.1) is 0 Å². The first kappa shape index (κ1) is 19.1. The zero-order valence-electron chi connectivity index (χ0n) is 14.8. The number of hydrogen-bond donors (Lipinski definition) is 1. The molecule has 2 rings (SSSR count). The highest BCUT2D eigenvalue weighted by atomic mass is 32.2. The molecule has 0 spiro atoms. The van der Waals surface area contributed by atoms with E-state index >= 15 is 0 Å². The molecule has 6 heteroatoms. The fourth-order valence-electron chi connectivity index (χ4n) is 2.37. The normalized spacial score (nSPS) is 11.5. The number of amides is 1. The van der Waals surface area contributed by atoms with Crippen LogP contribution >= 0.6 is 0 Å². The second kappa shape index (κ2) is 8.27. The van der Waals surface area contributed by atoms with Crippen LogP contribution in [-0.2, 0) is 27.7 Å². The number of rotatable bonds is 7. The van der Waals surface area contributed by atoms with Crippen LogP contribution in [0.15, 0.2) is 53.4 Å². The maximum atomic E-state index is 12.1. The van der Waals surface area contributed by atoms with Gasteiger partial charge in [-0.3, -0.25) is 4.79 Å². The minimum Gasteiger partial charge on any atom is -0.326 e. The Bertz CT molecular complexity index is 828. The van der Waals surface area contributed by atoms with E-state index in [1.165, 1.54) is 31.8 Å². The molecule has 1 N–H and O–H groups in total. The van der Waals surface area contributed by atoms with Crippen molar-refractivity contribution in [1.29, 1.82) is 0 Å². The van der Waals surface area contributed by atoms with Crippen molar-refractivity contribution in [3.8, 4) is 0 Å². The van der Waals surface area contributed by atoms with Crippen molar-refractivity contribution in [3.63, 3.8) is 0 Å². The predicted molar refractivity (Wildman–Crippen MR) is 100 cm³/mol. The third-order valence-corrected chi connectivity index (χ3v) is 5.78. The SMILES string of the molecule is CCc1ccc(CCC(=O)Nc2cccc(S(=O)(=O)N(C)C)c2)cc1. The highest BCUT2D eigenvalue weighted by molar-refractivity contribution is 7.89. The van der Waals surface area contributed by atoms with Crippen LogP contribution in [0.4, 0.5) is 5.69 Å². The van der Waals surface area contributed by atoms with Crippen LogP contribution in [-0.4, -0.2) is 32.7 Å². The molecule has 2 aromatic carbocycles. The molecule has 0 atom stereocenters. The fraction of sp³-hybridized carbons (Fsp3) is 0.316. The fourth-order valence-corrected chi connectivity index (χ4v) is 3.32. The van der Waals surface area contributed by atoms with Crippen molar-refractivity contribution in [2.75, 3.05) is 19.4 Å². The summed E-state index contributed by atoms with van der Waals surface area (Å²) in [5.74, 6) is -0.140. The smallest absolute Gasteiger partial charge is 0.242 e. The number of sulfonamides is 1. The molecule has 2 aromatic rings. The van der Waals surface area contributed by atoms with Gasteiger partial charge in [-0.1, -0.05) is 37.3 Å². The molecule has 0 saturated carbocycles. The van der Waals surface area contributed by atoms with Gasteiger partial charge in [0.15, 0.2) is 0 Å². The monoisotopic (exact) mass is 360 g/mol. The number of carbonyl (C=O) groups excluding carboxylic acids is 1. The van der Waals surface area contributed by atoms with E-state index in [1.807, 2.05) is 12.1 Å². The van der Waals surface area contributed by atoms with Crippen LogP contribution in [0.3, 0.4) is 0 Å². The largest absolute Gasteiger partial charge is 0.326 e. The third kappa shape index (κ3) is 5.14. The highest BCUT2D eigenvalue weighted by Gasteiger charge is 2.17. The van der Waals surface area contributed by atoms with Gasteiger partial charge in [-0.25, -0.2) is 12.7 Å². The van der Waals surface area contributed by atoms with E-state index < -0.39 is 10.0 Å². The summed E-state index contributed by atoms with van der Waals surface area (Å²) < 4.78 is 25.4. The number of anilines is 1. The van der Waals surface area contributed by atoms with Crippen molar-refractivity contribution < 1.29 is 13.2 Å². The van der Waals surface area contributed by atoms with Crippen LogP contribution in [0.1, 0.15) is 24.5 Å². The maximum Gasteiger partial charge on any atom is 0.242 e. The minimum absolute atomic E-state index is 0.140. The molecule has 0 aliphatic carbocycles. The lowest BCUT2D eigenvalue weighted by atomic mass is 10.1. The van der Waals surface area contributed by atoms with Crippen molar-refractivity contribution in [2.24, 2.45) is 0 Å². The molecule has 0 radical (unpaired) electrons. The summed E-state index contributed by atoms with van der Waals surface area (Å²) >= 11 is 0. The van der Waals surface area contributed by atoms with Gasteiger partial charge in [-0.2, -0.15) is 0 Å². The Balaban J connectivity index is 1.98. The summed E-state index contributed by atoms with van der Waals surface area (Å²) in [7, 11) is -0.562. The second-order valence-corrected chi connectivity index (χ2v) is 8.19. The van der Waals surface area contributed by atoms with E-state index in [0.717, 1.165) is 16.3 Å². The van der Waals surface area contributed by atoms with Crippen LogP contribution in [0.25, 0.3) is 0 Å². The summed E-state index contributed by atoms with van der Waals surface area (Å²) in [6, 6.07) is 14.5. The first-order chi connectivity index (χ1) is 11.8. The molecule has 0 aliphatic heterocycles. The van der Waals surface area contributed by atoms with E-state index in [4.69, 9.17) is 0 Å². The van der Waals surface area contributed by atoms with Gasteiger partial charge >= 0.3 is 0 Å². The molecule has 25 heavy (non-hydrogen) atoms. The number of aryl methyl sites for hydroxylation is 2. The molecular formula is C19H24N2O3S. The lowest BCUT2D eigenvalue weighted by Crippen LogP contribution is -2.22. The molecule has 134 valence electrons. The Kier molecular flexibility index (Phi) is 6.33. The second-order valence-electron chi connectivity index (χ2n) is 6.03. The van der Waals surface area contributed by atoms with Crippen molar-refractivity contribution in [3.05, 3.63) is 59.7 Å². The van der Waals surface area contributed by atoms with Gasteiger partial charge in [0.05, 0.1) is 4.90 Å². The quantitative estimate of drug-likeness (QED) is 0.825. The molecular weight excluding hydrogens is 336 g/mol. The van der Waals surface area contributed by atoms with E-state index in [9.17, 15) is 13.2 Å². The molecule has 0 aliphatic rings. The number of hydrogen-bond acceptors (Lipinski definition) is 3. The molecule has 0 fully saturated rings. The molecule has 0 saturated heterocycles.